The molecule has 1 rings (SSSR count). The Morgan fingerprint density at radius 2 is 1.83 bits per heavy atom. The van der Waals surface area contributed by atoms with Gasteiger partial charge in [-0.2, -0.15) is 0 Å². The molecule has 0 saturated carbocycles. The smallest absolute Gasteiger partial charge is 0.307 e. The van der Waals surface area contributed by atoms with Crippen LogP contribution >= 0.6 is 0 Å². The van der Waals surface area contributed by atoms with Crippen LogP contribution in [-0.4, -0.2) is 19.1 Å². The summed E-state index contributed by atoms with van der Waals surface area (Å²) in [7, 11) is 0. The molecule has 0 bridgehead atoms. The van der Waals surface area contributed by atoms with Gasteiger partial charge in [0.15, 0.2) is 0 Å². The number of hydrogen-bond donors (Lipinski definition) is 1. The third-order valence-corrected chi connectivity index (χ3v) is 2.77. The molecular weight excluding hydrogens is 226 g/mol. The van der Waals surface area contributed by atoms with Crippen LogP contribution in [0.5, 0.6) is 0 Å². The Balaban J connectivity index is 2.85. The molecule has 0 radical (unpaired) electrons. The second-order valence-electron chi connectivity index (χ2n) is 4.54. The normalized spacial score (nSPS) is 12.2. The maximum atomic E-state index is 11.6. The first-order valence-electron chi connectivity index (χ1n) is 6.54. The van der Waals surface area contributed by atoms with E-state index in [0.717, 1.165) is 12.1 Å². The standard InChI is InChI=1S/C15H23NO2/c1-5-16-14(10-15(17)18-6-2)13-8-11(3)7-12(4)9-13/h7-9,14,16H,5-6,10H2,1-4H3. The topological polar surface area (TPSA) is 38.3 Å². The molecule has 100 valence electrons. The molecule has 1 N–H and O–H groups in total. The molecule has 0 heterocycles. The SMILES string of the molecule is CCNC(CC(=O)OCC)c1cc(C)cc(C)c1. The predicted octanol–water partition coefficient (Wildman–Crippen LogP) is 2.91. The van der Waals surface area contributed by atoms with E-state index < -0.39 is 0 Å². The minimum absolute atomic E-state index is 0.0349. The number of aryl methyl sites for hydroxylation is 2. The Bertz CT molecular complexity index is 381. The Morgan fingerprint density at radius 1 is 1.22 bits per heavy atom. The zero-order valence-electron chi connectivity index (χ0n) is 11.7. The van der Waals surface area contributed by atoms with Gasteiger partial charge < -0.3 is 10.1 Å². The van der Waals surface area contributed by atoms with Gasteiger partial charge in [0.25, 0.3) is 0 Å². The second kappa shape index (κ2) is 7.17. The number of carbonyl (C=O) groups is 1. The van der Waals surface area contributed by atoms with Crippen molar-refractivity contribution in [3.8, 4) is 0 Å². The first-order valence-corrected chi connectivity index (χ1v) is 6.54. The summed E-state index contributed by atoms with van der Waals surface area (Å²) in [6.45, 7) is 9.28. The summed E-state index contributed by atoms with van der Waals surface area (Å²) in [5.41, 5.74) is 3.59. The van der Waals surface area contributed by atoms with E-state index in [4.69, 9.17) is 4.74 Å². The van der Waals surface area contributed by atoms with Crippen molar-refractivity contribution in [3.05, 3.63) is 34.9 Å². The maximum Gasteiger partial charge on any atom is 0.307 e. The number of hydrogen-bond acceptors (Lipinski definition) is 3. The lowest BCUT2D eigenvalue weighted by atomic mass is 9.99. The third kappa shape index (κ3) is 4.49. The van der Waals surface area contributed by atoms with E-state index in [1.807, 2.05) is 13.8 Å². The van der Waals surface area contributed by atoms with Gasteiger partial charge >= 0.3 is 5.97 Å². The Hall–Kier alpha value is -1.35. The highest BCUT2D eigenvalue weighted by atomic mass is 16.5. The highest BCUT2D eigenvalue weighted by Gasteiger charge is 2.16. The van der Waals surface area contributed by atoms with Crippen LogP contribution in [0, 0.1) is 13.8 Å². The molecule has 1 atom stereocenters. The van der Waals surface area contributed by atoms with Crippen LogP contribution in [0.1, 0.15) is 43.0 Å². The molecule has 3 heteroatoms. The van der Waals surface area contributed by atoms with Crippen LogP contribution < -0.4 is 5.32 Å². The lowest BCUT2D eigenvalue weighted by Crippen LogP contribution is -2.24. The summed E-state index contributed by atoms with van der Waals surface area (Å²) in [5, 5.41) is 3.34. The summed E-state index contributed by atoms with van der Waals surface area (Å²) in [5.74, 6) is -0.150. The third-order valence-electron chi connectivity index (χ3n) is 2.77. The van der Waals surface area contributed by atoms with E-state index in [1.54, 1.807) is 0 Å². The van der Waals surface area contributed by atoms with E-state index in [0.29, 0.717) is 13.0 Å². The van der Waals surface area contributed by atoms with Crippen LogP contribution in [0.2, 0.25) is 0 Å². The number of esters is 1. The van der Waals surface area contributed by atoms with Crippen molar-refractivity contribution >= 4 is 5.97 Å². The number of nitrogens with one attached hydrogen (secondary N) is 1. The summed E-state index contributed by atoms with van der Waals surface area (Å²) in [6.07, 6.45) is 0.380. The van der Waals surface area contributed by atoms with Crippen molar-refractivity contribution in [2.75, 3.05) is 13.2 Å². The van der Waals surface area contributed by atoms with Crippen LogP contribution in [0.4, 0.5) is 0 Å². The van der Waals surface area contributed by atoms with E-state index in [-0.39, 0.29) is 12.0 Å². The average molecular weight is 249 g/mol. The largest absolute Gasteiger partial charge is 0.466 e. The van der Waals surface area contributed by atoms with Gasteiger partial charge in [0.2, 0.25) is 0 Å². The highest BCUT2D eigenvalue weighted by molar-refractivity contribution is 5.70. The molecule has 0 amide bonds. The first kappa shape index (κ1) is 14.7. The molecular formula is C15H23NO2. The monoisotopic (exact) mass is 249 g/mol. The lowest BCUT2D eigenvalue weighted by molar-refractivity contribution is -0.143. The molecule has 0 fully saturated rings. The quantitative estimate of drug-likeness (QED) is 0.788. The highest BCUT2D eigenvalue weighted by Crippen LogP contribution is 2.20. The van der Waals surface area contributed by atoms with Crippen molar-refractivity contribution in [1.82, 2.24) is 5.32 Å². The van der Waals surface area contributed by atoms with Crippen molar-refractivity contribution in [2.24, 2.45) is 0 Å². The number of carbonyl (C=O) groups excluding carboxylic acids is 1. The van der Waals surface area contributed by atoms with E-state index in [9.17, 15) is 4.79 Å². The molecule has 1 unspecified atom stereocenters. The fourth-order valence-corrected chi connectivity index (χ4v) is 2.15. The van der Waals surface area contributed by atoms with E-state index >= 15 is 0 Å². The fourth-order valence-electron chi connectivity index (χ4n) is 2.15. The first-order chi connectivity index (χ1) is 8.56. The van der Waals surface area contributed by atoms with Gasteiger partial charge in [-0.3, -0.25) is 4.79 Å². The number of rotatable bonds is 6. The molecule has 0 aliphatic carbocycles. The minimum atomic E-state index is -0.150. The molecule has 0 spiro atoms. The lowest BCUT2D eigenvalue weighted by Gasteiger charge is -2.18. The van der Waals surface area contributed by atoms with Gasteiger partial charge in [-0.05, 0) is 32.9 Å². The number of benzene rings is 1. The fraction of sp³-hybridized carbons (Fsp3) is 0.533. The summed E-state index contributed by atoms with van der Waals surface area (Å²) >= 11 is 0. The van der Waals surface area contributed by atoms with Crippen LogP contribution in [-0.2, 0) is 9.53 Å². The van der Waals surface area contributed by atoms with Crippen LogP contribution in [0.25, 0.3) is 0 Å². The molecule has 1 aromatic rings. The van der Waals surface area contributed by atoms with E-state index in [1.165, 1.54) is 11.1 Å². The molecule has 18 heavy (non-hydrogen) atoms. The Morgan fingerprint density at radius 3 is 2.33 bits per heavy atom. The number of ether oxygens (including phenoxy) is 1. The Labute approximate surface area is 110 Å². The molecule has 1 aromatic carbocycles. The molecule has 3 nitrogen and oxygen atoms in total. The maximum absolute atomic E-state index is 11.6. The van der Waals surface area contributed by atoms with Crippen LogP contribution in [0.3, 0.4) is 0 Å². The predicted molar refractivity (Wildman–Crippen MR) is 73.6 cm³/mol. The molecule has 0 aromatic heterocycles. The van der Waals surface area contributed by atoms with Gasteiger partial charge in [-0.25, -0.2) is 0 Å². The summed E-state index contributed by atoms with van der Waals surface area (Å²) in [6, 6.07) is 6.42. The average Bonchev–Trinajstić information content (AvgIpc) is 2.27. The molecule has 0 aliphatic rings. The zero-order chi connectivity index (χ0) is 13.5. The van der Waals surface area contributed by atoms with Crippen molar-refractivity contribution in [2.45, 2.75) is 40.2 Å². The molecule has 0 aliphatic heterocycles. The molecule has 0 saturated heterocycles. The van der Waals surface area contributed by atoms with Gasteiger partial charge in [0.05, 0.1) is 13.0 Å². The van der Waals surface area contributed by atoms with Gasteiger partial charge in [-0.15, -0.1) is 0 Å². The van der Waals surface area contributed by atoms with Gasteiger partial charge in [-0.1, -0.05) is 36.2 Å². The van der Waals surface area contributed by atoms with Gasteiger partial charge in [0, 0.05) is 6.04 Å². The van der Waals surface area contributed by atoms with Crippen molar-refractivity contribution in [1.29, 1.82) is 0 Å². The minimum Gasteiger partial charge on any atom is -0.466 e. The Kier molecular flexibility index (Phi) is 5.86. The second-order valence-corrected chi connectivity index (χ2v) is 4.54. The summed E-state index contributed by atoms with van der Waals surface area (Å²) < 4.78 is 5.02. The summed E-state index contributed by atoms with van der Waals surface area (Å²) in [4.78, 5) is 11.6. The van der Waals surface area contributed by atoms with Gasteiger partial charge in [0.1, 0.15) is 0 Å². The van der Waals surface area contributed by atoms with Crippen molar-refractivity contribution < 1.29 is 9.53 Å². The van der Waals surface area contributed by atoms with Crippen LogP contribution in [0.15, 0.2) is 18.2 Å². The zero-order valence-corrected chi connectivity index (χ0v) is 11.7. The van der Waals surface area contributed by atoms with E-state index in [2.05, 4.69) is 37.4 Å². The van der Waals surface area contributed by atoms with Crippen molar-refractivity contribution in [3.63, 3.8) is 0 Å².